The highest BCUT2D eigenvalue weighted by molar-refractivity contribution is 5.27. The van der Waals surface area contributed by atoms with E-state index in [1.165, 1.54) is 11.1 Å². The number of hydrogen-bond donors (Lipinski definition) is 2. The van der Waals surface area contributed by atoms with E-state index in [0.717, 1.165) is 12.8 Å². The minimum absolute atomic E-state index is 0.116. The van der Waals surface area contributed by atoms with E-state index in [2.05, 4.69) is 65.8 Å². The van der Waals surface area contributed by atoms with E-state index in [0.29, 0.717) is 11.8 Å². The Kier molecular flexibility index (Phi) is 5.39. The van der Waals surface area contributed by atoms with Crippen LogP contribution in [0.15, 0.2) is 24.3 Å². The Morgan fingerprint density at radius 2 is 1.00 bits per heavy atom. The molecule has 0 aliphatic heterocycles. The highest BCUT2D eigenvalue weighted by Gasteiger charge is 2.19. The van der Waals surface area contributed by atoms with Crippen LogP contribution in [0.5, 0.6) is 0 Å². The van der Waals surface area contributed by atoms with E-state index in [1.807, 2.05) is 0 Å². The SMILES string of the molecule is CC(CC(C)(C)N)c1ccc(C(C)CC(C)(C)N)cc1. The van der Waals surface area contributed by atoms with Gasteiger partial charge in [0.15, 0.2) is 0 Å². The Balaban J connectivity index is 2.73. The smallest absolute Gasteiger partial charge is 0.0103 e. The Bertz CT molecular complexity index is 366. The van der Waals surface area contributed by atoms with Gasteiger partial charge in [0, 0.05) is 11.1 Å². The maximum absolute atomic E-state index is 6.11. The molecule has 2 atom stereocenters. The lowest BCUT2D eigenvalue weighted by Gasteiger charge is -2.25. The van der Waals surface area contributed by atoms with Gasteiger partial charge in [-0.2, -0.15) is 0 Å². The van der Waals surface area contributed by atoms with E-state index >= 15 is 0 Å². The van der Waals surface area contributed by atoms with Crippen molar-refractivity contribution in [2.24, 2.45) is 11.5 Å². The van der Waals surface area contributed by atoms with E-state index in [1.54, 1.807) is 0 Å². The van der Waals surface area contributed by atoms with E-state index in [-0.39, 0.29) is 11.1 Å². The number of benzene rings is 1. The molecule has 0 fully saturated rings. The molecule has 1 rings (SSSR count). The van der Waals surface area contributed by atoms with Crippen molar-refractivity contribution in [3.05, 3.63) is 35.4 Å². The molecule has 114 valence electrons. The molecule has 0 heterocycles. The zero-order chi connectivity index (χ0) is 15.6. The summed E-state index contributed by atoms with van der Waals surface area (Å²) < 4.78 is 0. The van der Waals surface area contributed by atoms with E-state index in [9.17, 15) is 0 Å². The first-order chi connectivity index (χ1) is 8.98. The third-order valence-corrected chi connectivity index (χ3v) is 3.74. The second-order valence-corrected chi connectivity index (χ2v) is 7.85. The summed E-state index contributed by atoms with van der Waals surface area (Å²) >= 11 is 0. The van der Waals surface area contributed by atoms with Crippen LogP contribution in [-0.2, 0) is 0 Å². The van der Waals surface area contributed by atoms with Gasteiger partial charge < -0.3 is 11.5 Å². The van der Waals surface area contributed by atoms with Crippen LogP contribution in [0.2, 0.25) is 0 Å². The molecule has 0 aliphatic rings. The third kappa shape index (κ3) is 6.06. The Morgan fingerprint density at radius 3 is 1.20 bits per heavy atom. The van der Waals surface area contributed by atoms with Gasteiger partial charge in [-0.1, -0.05) is 38.1 Å². The average Bonchev–Trinajstić information content (AvgIpc) is 2.24. The molecule has 20 heavy (non-hydrogen) atoms. The van der Waals surface area contributed by atoms with Gasteiger partial charge in [-0.05, 0) is 63.5 Å². The molecule has 0 saturated carbocycles. The third-order valence-electron chi connectivity index (χ3n) is 3.74. The van der Waals surface area contributed by atoms with Crippen molar-refractivity contribution in [1.29, 1.82) is 0 Å². The summed E-state index contributed by atoms with van der Waals surface area (Å²) in [6.07, 6.45) is 2.00. The van der Waals surface area contributed by atoms with Crippen molar-refractivity contribution < 1.29 is 0 Å². The van der Waals surface area contributed by atoms with E-state index in [4.69, 9.17) is 11.5 Å². The van der Waals surface area contributed by atoms with Crippen LogP contribution in [0, 0.1) is 0 Å². The predicted molar refractivity (Wildman–Crippen MR) is 89.0 cm³/mol. The molecular formula is C18H32N2. The second kappa shape index (κ2) is 6.28. The molecular weight excluding hydrogens is 244 g/mol. The molecule has 4 N–H and O–H groups in total. The fourth-order valence-electron chi connectivity index (χ4n) is 2.97. The minimum atomic E-state index is -0.116. The van der Waals surface area contributed by atoms with Crippen LogP contribution in [0.3, 0.4) is 0 Å². The fraction of sp³-hybridized carbons (Fsp3) is 0.667. The normalized spacial score (nSPS) is 16.0. The highest BCUT2D eigenvalue weighted by Crippen LogP contribution is 2.28. The Labute approximate surface area is 124 Å². The van der Waals surface area contributed by atoms with E-state index < -0.39 is 0 Å². The predicted octanol–water partition coefficient (Wildman–Crippen LogP) is 4.15. The van der Waals surface area contributed by atoms with Gasteiger partial charge in [-0.25, -0.2) is 0 Å². The van der Waals surface area contributed by atoms with Gasteiger partial charge in [0.05, 0.1) is 0 Å². The zero-order valence-corrected chi connectivity index (χ0v) is 14.0. The molecule has 0 radical (unpaired) electrons. The van der Waals surface area contributed by atoms with Crippen LogP contribution in [-0.4, -0.2) is 11.1 Å². The first kappa shape index (κ1) is 17.2. The molecule has 0 aliphatic carbocycles. The van der Waals surface area contributed by atoms with Crippen LogP contribution in [0.25, 0.3) is 0 Å². The number of rotatable bonds is 6. The molecule has 0 saturated heterocycles. The largest absolute Gasteiger partial charge is 0.326 e. The molecule has 0 aromatic heterocycles. The lowest BCUT2D eigenvalue weighted by Crippen LogP contribution is -2.33. The maximum Gasteiger partial charge on any atom is 0.0103 e. The topological polar surface area (TPSA) is 52.0 Å². The maximum atomic E-state index is 6.11. The lowest BCUT2D eigenvalue weighted by atomic mass is 9.85. The molecule has 2 unspecified atom stereocenters. The van der Waals surface area contributed by atoms with Gasteiger partial charge in [-0.15, -0.1) is 0 Å². The van der Waals surface area contributed by atoms with Gasteiger partial charge in [0.2, 0.25) is 0 Å². The van der Waals surface area contributed by atoms with Crippen LogP contribution in [0.4, 0.5) is 0 Å². The average molecular weight is 276 g/mol. The summed E-state index contributed by atoms with van der Waals surface area (Å²) in [7, 11) is 0. The molecule has 2 nitrogen and oxygen atoms in total. The summed E-state index contributed by atoms with van der Waals surface area (Å²) in [5, 5.41) is 0. The quantitative estimate of drug-likeness (QED) is 0.820. The summed E-state index contributed by atoms with van der Waals surface area (Å²) in [6, 6.07) is 8.97. The van der Waals surface area contributed by atoms with Gasteiger partial charge >= 0.3 is 0 Å². The van der Waals surface area contributed by atoms with Crippen molar-refractivity contribution in [2.75, 3.05) is 0 Å². The summed E-state index contributed by atoms with van der Waals surface area (Å²) in [5.74, 6) is 0.982. The lowest BCUT2D eigenvalue weighted by molar-refractivity contribution is 0.434. The zero-order valence-electron chi connectivity index (χ0n) is 14.0. The molecule has 1 aromatic carbocycles. The molecule has 2 heteroatoms. The molecule has 0 bridgehead atoms. The minimum Gasteiger partial charge on any atom is -0.326 e. The van der Waals surface area contributed by atoms with Crippen molar-refractivity contribution in [3.63, 3.8) is 0 Å². The molecule has 0 spiro atoms. The monoisotopic (exact) mass is 276 g/mol. The number of nitrogens with two attached hydrogens (primary N) is 2. The standard InChI is InChI=1S/C18H32N2/c1-13(11-17(3,4)19)15-7-9-16(10-8-15)14(2)12-18(5,6)20/h7-10,13-14H,11-12,19-20H2,1-6H3. The molecule has 1 aromatic rings. The van der Waals surface area contributed by atoms with Crippen LogP contribution < -0.4 is 11.5 Å². The molecule has 0 amide bonds. The highest BCUT2D eigenvalue weighted by atomic mass is 14.7. The first-order valence-corrected chi connectivity index (χ1v) is 7.65. The number of hydrogen-bond acceptors (Lipinski definition) is 2. The summed E-state index contributed by atoms with van der Waals surface area (Å²) in [6.45, 7) is 12.8. The van der Waals surface area contributed by atoms with Gasteiger partial charge in [-0.3, -0.25) is 0 Å². The van der Waals surface area contributed by atoms with Crippen LogP contribution >= 0.6 is 0 Å². The Morgan fingerprint density at radius 1 is 0.750 bits per heavy atom. The van der Waals surface area contributed by atoms with Gasteiger partial charge in [0.1, 0.15) is 0 Å². The van der Waals surface area contributed by atoms with Gasteiger partial charge in [0.25, 0.3) is 0 Å². The Hall–Kier alpha value is -0.860. The van der Waals surface area contributed by atoms with Crippen molar-refractivity contribution >= 4 is 0 Å². The second-order valence-electron chi connectivity index (χ2n) is 7.85. The van der Waals surface area contributed by atoms with Crippen LogP contribution in [0.1, 0.15) is 77.3 Å². The van der Waals surface area contributed by atoms with Crippen molar-refractivity contribution in [1.82, 2.24) is 0 Å². The van der Waals surface area contributed by atoms with Crippen molar-refractivity contribution in [2.45, 2.75) is 77.3 Å². The first-order valence-electron chi connectivity index (χ1n) is 7.65. The fourth-order valence-corrected chi connectivity index (χ4v) is 2.97. The van der Waals surface area contributed by atoms with Crippen molar-refractivity contribution in [3.8, 4) is 0 Å². The summed E-state index contributed by atoms with van der Waals surface area (Å²) in [5.41, 5.74) is 14.7. The summed E-state index contributed by atoms with van der Waals surface area (Å²) in [4.78, 5) is 0.